The largest absolute Gasteiger partial charge is 0.361 e. The molecule has 0 aliphatic carbocycles. The van der Waals surface area contributed by atoms with Crippen molar-refractivity contribution in [2.24, 2.45) is 0 Å². The second-order valence-corrected chi connectivity index (χ2v) is 6.71. The molecule has 1 saturated heterocycles. The molecule has 0 radical (unpaired) electrons. The van der Waals surface area contributed by atoms with E-state index in [0.29, 0.717) is 31.0 Å². The first-order valence-electron chi connectivity index (χ1n) is 9.16. The van der Waals surface area contributed by atoms with E-state index in [4.69, 9.17) is 9.05 Å². The molecule has 1 amide bonds. The first-order chi connectivity index (χ1) is 13.2. The van der Waals surface area contributed by atoms with Crippen molar-refractivity contribution in [2.75, 3.05) is 6.54 Å². The molecule has 27 heavy (non-hydrogen) atoms. The van der Waals surface area contributed by atoms with Gasteiger partial charge < -0.3 is 13.9 Å². The third-order valence-electron chi connectivity index (χ3n) is 4.75. The van der Waals surface area contributed by atoms with E-state index in [2.05, 4.69) is 20.3 Å². The van der Waals surface area contributed by atoms with Crippen LogP contribution >= 0.6 is 0 Å². The Morgan fingerprint density at radius 3 is 2.89 bits per heavy atom. The Morgan fingerprint density at radius 2 is 2.11 bits per heavy atom. The standard InChI is InChI=1S/C19H21N5O3/c1-13-12-15(22-26-13)16-4-3-11-24(16)18(25)6-2-5-17-21-19(23-27-17)14-7-9-20-10-8-14/h7-10,12,16H,2-6,11H2,1H3/t16-/m0/s1. The van der Waals surface area contributed by atoms with Gasteiger partial charge in [-0.05, 0) is 38.3 Å². The summed E-state index contributed by atoms with van der Waals surface area (Å²) in [6.07, 6.45) is 6.97. The number of likely N-dealkylation sites (tertiary alicyclic amines) is 1. The van der Waals surface area contributed by atoms with Crippen LogP contribution in [0.2, 0.25) is 0 Å². The Hall–Kier alpha value is -3.03. The fourth-order valence-electron chi connectivity index (χ4n) is 3.42. The van der Waals surface area contributed by atoms with E-state index < -0.39 is 0 Å². The highest BCUT2D eigenvalue weighted by Gasteiger charge is 2.31. The molecule has 0 aromatic carbocycles. The summed E-state index contributed by atoms with van der Waals surface area (Å²) in [6.45, 7) is 2.63. The maximum absolute atomic E-state index is 12.6. The predicted molar refractivity (Wildman–Crippen MR) is 95.4 cm³/mol. The van der Waals surface area contributed by atoms with Crippen molar-refractivity contribution in [2.45, 2.75) is 45.1 Å². The molecule has 1 aliphatic rings. The highest BCUT2D eigenvalue weighted by Crippen LogP contribution is 2.32. The molecular weight excluding hydrogens is 346 g/mol. The molecule has 4 rings (SSSR count). The van der Waals surface area contributed by atoms with Crippen molar-refractivity contribution in [3.8, 4) is 11.4 Å². The lowest BCUT2D eigenvalue weighted by Crippen LogP contribution is -2.30. The molecule has 0 saturated carbocycles. The molecule has 0 unspecified atom stereocenters. The van der Waals surface area contributed by atoms with Crippen molar-refractivity contribution in [3.05, 3.63) is 47.9 Å². The maximum atomic E-state index is 12.6. The van der Waals surface area contributed by atoms with Crippen molar-refractivity contribution in [1.29, 1.82) is 0 Å². The van der Waals surface area contributed by atoms with Crippen LogP contribution in [0.4, 0.5) is 0 Å². The van der Waals surface area contributed by atoms with Gasteiger partial charge in [-0.1, -0.05) is 10.3 Å². The molecule has 1 atom stereocenters. The highest BCUT2D eigenvalue weighted by atomic mass is 16.5. The topological polar surface area (TPSA) is 98.2 Å². The minimum Gasteiger partial charge on any atom is -0.361 e. The van der Waals surface area contributed by atoms with E-state index >= 15 is 0 Å². The van der Waals surface area contributed by atoms with Crippen molar-refractivity contribution in [1.82, 2.24) is 25.2 Å². The van der Waals surface area contributed by atoms with E-state index in [1.807, 2.05) is 30.0 Å². The van der Waals surface area contributed by atoms with Crippen LogP contribution in [0.25, 0.3) is 11.4 Å². The van der Waals surface area contributed by atoms with Gasteiger partial charge in [0, 0.05) is 43.4 Å². The fourth-order valence-corrected chi connectivity index (χ4v) is 3.42. The maximum Gasteiger partial charge on any atom is 0.226 e. The first-order valence-corrected chi connectivity index (χ1v) is 9.16. The molecule has 140 valence electrons. The monoisotopic (exact) mass is 367 g/mol. The lowest BCUT2D eigenvalue weighted by atomic mass is 10.1. The van der Waals surface area contributed by atoms with Crippen LogP contribution < -0.4 is 0 Å². The van der Waals surface area contributed by atoms with E-state index in [0.717, 1.165) is 36.4 Å². The number of hydrogen-bond acceptors (Lipinski definition) is 7. The Balaban J connectivity index is 1.31. The minimum atomic E-state index is 0.0247. The average Bonchev–Trinajstić information content (AvgIpc) is 3.42. The second-order valence-electron chi connectivity index (χ2n) is 6.71. The molecule has 3 aromatic rings. The number of pyridine rings is 1. The average molecular weight is 367 g/mol. The van der Waals surface area contributed by atoms with Crippen LogP contribution in [0.1, 0.15) is 49.1 Å². The summed E-state index contributed by atoms with van der Waals surface area (Å²) >= 11 is 0. The molecule has 1 aliphatic heterocycles. The second kappa shape index (κ2) is 7.69. The number of carbonyl (C=O) groups excluding carboxylic acids is 1. The predicted octanol–water partition coefficient (Wildman–Crippen LogP) is 3.11. The van der Waals surface area contributed by atoms with Gasteiger partial charge in [-0.3, -0.25) is 9.78 Å². The summed E-state index contributed by atoms with van der Waals surface area (Å²) in [6, 6.07) is 5.60. The van der Waals surface area contributed by atoms with Gasteiger partial charge in [0.1, 0.15) is 11.5 Å². The number of hydrogen-bond donors (Lipinski definition) is 0. The van der Waals surface area contributed by atoms with Gasteiger partial charge in [-0.15, -0.1) is 0 Å². The zero-order valence-electron chi connectivity index (χ0n) is 15.2. The number of carbonyl (C=O) groups is 1. The third-order valence-corrected chi connectivity index (χ3v) is 4.75. The first kappa shape index (κ1) is 17.4. The molecule has 3 aromatic heterocycles. The summed E-state index contributed by atoms with van der Waals surface area (Å²) in [5, 5.41) is 8.07. The fraction of sp³-hybridized carbons (Fsp3) is 0.421. The van der Waals surface area contributed by atoms with Crippen LogP contribution in [-0.4, -0.2) is 37.6 Å². The molecule has 0 spiro atoms. The molecular formula is C19H21N5O3. The van der Waals surface area contributed by atoms with E-state index in [9.17, 15) is 4.79 Å². The molecule has 8 heteroatoms. The Morgan fingerprint density at radius 1 is 1.26 bits per heavy atom. The zero-order valence-corrected chi connectivity index (χ0v) is 15.2. The van der Waals surface area contributed by atoms with Crippen LogP contribution in [0.15, 0.2) is 39.6 Å². The van der Waals surface area contributed by atoms with Gasteiger partial charge in [0.05, 0.1) is 6.04 Å². The third kappa shape index (κ3) is 3.89. The van der Waals surface area contributed by atoms with Gasteiger partial charge in [0.15, 0.2) is 0 Å². The van der Waals surface area contributed by atoms with E-state index in [1.54, 1.807) is 12.4 Å². The molecule has 0 bridgehead atoms. The number of aromatic nitrogens is 4. The summed E-state index contributed by atoms with van der Waals surface area (Å²) in [5.41, 5.74) is 1.70. The lowest BCUT2D eigenvalue weighted by molar-refractivity contribution is -0.132. The number of nitrogens with zero attached hydrogens (tertiary/aromatic N) is 5. The van der Waals surface area contributed by atoms with Crippen molar-refractivity contribution in [3.63, 3.8) is 0 Å². The normalized spacial score (nSPS) is 16.8. The summed E-state index contributed by atoms with van der Waals surface area (Å²) < 4.78 is 10.5. The van der Waals surface area contributed by atoms with Crippen LogP contribution in [0.3, 0.4) is 0 Å². The van der Waals surface area contributed by atoms with Crippen LogP contribution in [0, 0.1) is 6.92 Å². The van der Waals surface area contributed by atoms with E-state index in [-0.39, 0.29) is 11.9 Å². The molecule has 4 heterocycles. The Labute approximate surface area is 156 Å². The van der Waals surface area contributed by atoms with Crippen molar-refractivity contribution < 1.29 is 13.8 Å². The lowest BCUT2D eigenvalue weighted by Gasteiger charge is -2.22. The Bertz CT molecular complexity index is 905. The summed E-state index contributed by atoms with van der Waals surface area (Å²) in [4.78, 5) is 22.9. The SMILES string of the molecule is Cc1cc([C@@H]2CCCN2C(=O)CCCc2nc(-c3ccncc3)no2)no1. The zero-order chi connectivity index (χ0) is 18.6. The van der Waals surface area contributed by atoms with Gasteiger partial charge in [0.25, 0.3) is 0 Å². The van der Waals surface area contributed by atoms with Gasteiger partial charge in [-0.25, -0.2) is 0 Å². The molecule has 1 fully saturated rings. The molecule has 0 N–H and O–H groups in total. The number of rotatable bonds is 6. The van der Waals surface area contributed by atoms with Gasteiger partial charge >= 0.3 is 0 Å². The highest BCUT2D eigenvalue weighted by molar-refractivity contribution is 5.77. The van der Waals surface area contributed by atoms with Crippen LogP contribution in [0.5, 0.6) is 0 Å². The van der Waals surface area contributed by atoms with Crippen LogP contribution in [-0.2, 0) is 11.2 Å². The molecule has 8 nitrogen and oxygen atoms in total. The smallest absolute Gasteiger partial charge is 0.226 e. The quantitative estimate of drug-likeness (QED) is 0.660. The Kier molecular flexibility index (Phi) is 4.95. The minimum absolute atomic E-state index is 0.0247. The number of aryl methyl sites for hydroxylation is 2. The van der Waals surface area contributed by atoms with Gasteiger partial charge in [0.2, 0.25) is 17.6 Å². The number of amides is 1. The summed E-state index contributed by atoms with van der Waals surface area (Å²) in [7, 11) is 0. The summed E-state index contributed by atoms with van der Waals surface area (Å²) in [5.74, 6) is 1.98. The van der Waals surface area contributed by atoms with E-state index in [1.165, 1.54) is 0 Å². The van der Waals surface area contributed by atoms with Gasteiger partial charge in [-0.2, -0.15) is 4.98 Å². The van der Waals surface area contributed by atoms with Crippen molar-refractivity contribution >= 4 is 5.91 Å².